The molecule has 0 aliphatic carbocycles. The number of thiazole rings is 1. The van der Waals surface area contributed by atoms with Gasteiger partial charge in [-0.2, -0.15) is 5.10 Å². The number of aromatic nitrogens is 3. The number of amides is 1. The standard InChI is InChI=1S/C21H24FN5O2S/c22-17-3-1-16(2-4-17)11-21-25-18(15-30-21)12-20(28)24-19-13-23-27(14-19)6-5-26-7-9-29-10-8-26/h1-4,13-15H,5-12H2,(H,24,28). The molecule has 30 heavy (non-hydrogen) atoms. The topological polar surface area (TPSA) is 72.3 Å². The number of anilines is 1. The number of ether oxygens (including phenoxy) is 1. The molecule has 1 N–H and O–H groups in total. The Labute approximate surface area is 178 Å². The zero-order valence-electron chi connectivity index (χ0n) is 16.6. The first-order valence-corrected chi connectivity index (χ1v) is 10.8. The summed E-state index contributed by atoms with van der Waals surface area (Å²) in [6, 6.07) is 6.39. The largest absolute Gasteiger partial charge is 0.379 e. The molecule has 1 aromatic carbocycles. The molecule has 1 aliphatic rings. The highest BCUT2D eigenvalue weighted by atomic mass is 32.1. The van der Waals surface area contributed by atoms with Crippen molar-refractivity contribution < 1.29 is 13.9 Å². The minimum atomic E-state index is -0.250. The molecule has 0 spiro atoms. The quantitative estimate of drug-likeness (QED) is 0.596. The number of hydrogen-bond donors (Lipinski definition) is 1. The monoisotopic (exact) mass is 429 g/mol. The van der Waals surface area contributed by atoms with Crippen molar-refractivity contribution in [3.8, 4) is 0 Å². The number of hydrogen-bond acceptors (Lipinski definition) is 6. The summed E-state index contributed by atoms with van der Waals surface area (Å²) in [7, 11) is 0. The van der Waals surface area contributed by atoms with Gasteiger partial charge in [0.25, 0.3) is 0 Å². The van der Waals surface area contributed by atoms with Gasteiger partial charge in [0.05, 0.1) is 48.8 Å². The van der Waals surface area contributed by atoms with Crippen LogP contribution in [0.5, 0.6) is 0 Å². The minimum Gasteiger partial charge on any atom is -0.379 e. The zero-order valence-corrected chi connectivity index (χ0v) is 17.4. The number of carbonyl (C=O) groups excluding carboxylic acids is 1. The van der Waals surface area contributed by atoms with Crippen LogP contribution in [0.1, 0.15) is 16.3 Å². The molecule has 3 heterocycles. The SMILES string of the molecule is O=C(Cc1csc(Cc2ccc(F)cc2)n1)Nc1cnn(CCN2CCOCC2)c1. The number of rotatable bonds is 8. The number of nitrogens with one attached hydrogen (secondary N) is 1. The highest BCUT2D eigenvalue weighted by Gasteiger charge is 2.12. The summed E-state index contributed by atoms with van der Waals surface area (Å²) >= 11 is 1.51. The molecule has 0 atom stereocenters. The number of halogens is 1. The van der Waals surface area contributed by atoms with Crippen LogP contribution >= 0.6 is 11.3 Å². The first-order valence-electron chi connectivity index (χ1n) is 9.94. The molecule has 4 rings (SSSR count). The van der Waals surface area contributed by atoms with Crippen LogP contribution in [-0.4, -0.2) is 58.4 Å². The second-order valence-corrected chi connectivity index (χ2v) is 8.15. The summed E-state index contributed by atoms with van der Waals surface area (Å²) < 4.78 is 20.2. The van der Waals surface area contributed by atoms with Crippen LogP contribution < -0.4 is 5.32 Å². The zero-order chi connectivity index (χ0) is 20.8. The number of morpholine rings is 1. The fraction of sp³-hybridized carbons (Fsp3) is 0.381. The van der Waals surface area contributed by atoms with Crippen LogP contribution in [0.4, 0.5) is 10.1 Å². The van der Waals surface area contributed by atoms with Crippen molar-refractivity contribution in [2.75, 3.05) is 38.2 Å². The molecule has 1 fully saturated rings. The molecule has 0 bridgehead atoms. The van der Waals surface area contributed by atoms with E-state index in [-0.39, 0.29) is 18.1 Å². The molecular weight excluding hydrogens is 405 g/mol. The summed E-state index contributed by atoms with van der Waals surface area (Å²) in [5.74, 6) is -0.374. The van der Waals surface area contributed by atoms with Gasteiger partial charge < -0.3 is 10.1 Å². The lowest BCUT2D eigenvalue weighted by Gasteiger charge is -2.26. The van der Waals surface area contributed by atoms with Crippen molar-refractivity contribution in [2.45, 2.75) is 19.4 Å². The lowest BCUT2D eigenvalue weighted by atomic mass is 10.1. The highest BCUT2D eigenvalue weighted by molar-refractivity contribution is 7.09. The first-order chi connectivity index (χ1) is 14.6. The Morgan fingerprint density at radius 3 is 2.80 bits per heavy atom. The van der Waals surface area contributed by atoms with E-state index in [9.17, 15) is 9.18 Å². The summed E-state index contributed by atoms with van der Waals surface area (Å²) in [5, 5.41) is 10.00. The maximum Gasteiger partial charge on any atom is 0.230 e. The molecule has 7 nitrogen and oxygen atoms in total. The van der Waals surface area contributed by atoms with Gasteiger partial charge in [-0.1, -0.05) is 12.1 Å². The highest BCUT2D eigenvalue weighted by Crippen LogP contribution is 2.16. The van der Waals surface area contributed by atoms with Gasteiger partial charge in [0.15, 0.2) is 0 Å². The summed E-state index contributed by atoms with van der Waals surface area (Å²) in [4.78, 5) is 19.2. The van der Waals surface area contributed by atoms with Crippen molar-refractivity contribution in [1.29, 1.82) is 0 Å². The lowest BCUT2D eigenvalue weighted by molar-refractivity contribution is -0.115. The third-order valence-electron chi connectivity index (χ3n) is 4.88. The van der Waals surface area contributed by atoms with Crippen molar-refractivity contribution in [3.05, 3.63) is 64.1 Å². The van der Waals surface area contributed by atoms with Gasteiger partial charge in [-0.3, -0.25) is 14.4 Å². The summed E-state index contributed by atoms with van der Waals surface area (Å²) in [5.41, 5.74) is 2.41. The van der Waals surface area contributed by atoms with Gasteiger partial charge >= 0.3 is 0 Å². The normalized spacial score (nSPS) is 14.7. The van der Waals surface area contributed by atoms with Gasteiger partial charge in [0.1, 0.15) is 5.82 Å². The Morgan fingerprint density at radius 2 is 2.00 bits per heavy atom. The number of nitrogens with zero attached hydrogens (tertiary/aromatic N) is 4. The third kappa shape index (κ3) is 5.94. The lowest BCUT2D eigenvalue weighted by Crippen LogP contribution is -2.38. The van der Waals surface area contributed by atoms with Gasteiger partial charge in [-0.25, -0.2) is 9.37 Å². The van der Waals surface area contributed by atoms with Crippen LogP contribution in [-0.2, 0) is 28.9 Å². The molecular formula is C21H24FN5O2S. The van der Waals surface area contributed by atoms with Crippen LogP contribution in [0.2, 0.25) is 0 Å². The third-order valence-corrected chi connectivity index (χ3v) is 5.77. The van der Waals surface area contributed by atoms with E-state index in [1.54, 1.807) is 18.3 Å². The van der Waals surface area contributed by atoms with E-state index in [1.165, 1.54) is 23.5 Å². The smallest absolute Gasteiger partial charge is 0.230 e. The van der Waals surface area contributed by atoms with E-state index in [0.29, 0.717) is 12.1 Å². The Bertz CT molecular complexity index is 966. The van der Waals surface area contributed by atoms with Crippen LogP contribution in [0.25, 0.3) is 0 Å². The first kappa shape index (κ1) is 20.6. The van der Waals surface area contributed by atoms with Gasteiger partial charge in [-0.15, -0.1) is 11.3 Å². The second kappa shape index (κ2) is 9.92. The van der Waals surface area contributed by atoms with Crippen molar-refractivity contribution in [2.24, 2.45) is 0 Å². The van der Waals surface area contributed by atoms with Crippen LogP contribution in [0.15, 0.2) is 42.0 Å². The van der Waals surface area contributed by atoms with E-state index in [4.69, 9.17) is 4.74 Å². The molecule has 1 amide bonds. The Kier molecular flexibility index (Phi) is 6.83. The van der Waals surface area contributed by atoms with Crippen molar-refractivity contribution in [1.82, 2.24) is 19.7 Å². The Balaban J connectivity index is 1.24. The van der Waals surface area contributed by atoms with Crippen molar-refractivity contribution in [3.63, 3.8) is 0 Å². The molecule has 0 unspecified atom stereocenters. The van der Waals surface area contributed by atoms with E-state index >= 15 is 0 Å². The Morgan fingerprint density at radius 1 is 1.20 bits per heavy atom. The second-order valence-electron chi connectivity index (χ2n) is 7.21. The van der Waals surface area contributed by atoms with Gasteiger partial charge in [-0.05, 0) is 17.7 Å². The van der Waals surface area contributed by atoms with E-state index in [2.05, 4.69) is 20.3 Å². The molecule has 3 aromatic rings. The fourth-order valence-electron chi connectivity index (χ4n) is 3.28. The molecule has 158 valence electrons. The van der Waals surface area contributed by atoms with E-state index < -0.39 is 0 Å². The molecule has 1 saturated heterocycles. The Hall–Kier alpha value is -2.62. The minimum absolute atomic E-state index is 0.124. The van der Waals surface area contributed by atoms with Crippen LogP contribution in [0, 0.1) is 5.82 Å². The maximum absolute atomic E-state index is 13.0. The fourth-order valence-corrected chi connectivity index (χ4v) is 4.10. The van der Waals surface area contributed by atoms with Crippen molar-refractivity contribution >= 4 is 22.9 Å². The van der Waals surface area contributed by atoms with Gasteiger partial charge in [0.2, 0.25) is 5.91 Å². The predicted molar refractivity (Wildman–Crippen MR) is 113 cm³/mol. The molecule has 0 radical (unpaired) electrons. The molecule has 1 aliphatic heterocycles. The number of carbonyl (C=O) groups is 1. The summed E-state index contributed by atoms with van der Waals surface area (Å²) in [6.45, 7) is 5.14. The predicted octanol–water partition coefficient (Wildman–Crippen LogP) is 2.58. The van der Waals surface area contributed by atoms with E-state index in [1.807, 2.05) is 16.3 Å². The molecule has 9 heteroatoms. The molecule has 2 aromatic heterocycles. The molecule has 0 saturated carbocycles. The maximum atomic E-state index is 13.0. The van der Waals surface area contributed by atoms with Crippen LogP contribution in [0.3, 0.4) is 0 Å². The summed E-state index contributed by atoms with van der Waals surface area (Å²) in [6.07, 6.45) is 4.35. The average Bonchev–Trinajstić information content (AvgIpc) is 3.38. The van der Waals surface area contributed by atoms with E-state index in [0.717, 1.165) is 55.7 Å². The average molecular weight is 430 g/mol. The number of benzene rings is 1. The van der Waals surface area contributed by atoms with Gasteiger partial charge in [0, 0.05) is 37.6 Å².